The van der Waals surface area contributed by atoms with E-state index in [4.69, 9.17) is 4.98 Å². The molecule has 4 nitrogen and oxygen atoms in total. The fourth-order valence-electron chi connectivity index (χ4n) is 3.96. The monoisotopic (exact) mass is 328 g/mol. The lowest BCUT2D eigenvalue weighted by Crippen LogP contribution is -2.29. The van der Waals surface area contributed by atoms with E-state index in [-0.39, 0.29) is 0 Å². The quantitative estimate of drug-likeness (QED) is 0.600. The predicted molar refractivity (Wildman–Crippen MR) is 102 cm³/mol. The Kier molecular flexibility index (Phi) is 3.49. The highest BCUT2D eigenvalue weighted by atomic mass is 15.1. The van der Waals surface area contributed by atoms with Crippen molar-refractivity contribution >= 4 is 21.9 Å². The van der Waals surface area contributed by atoms with E-state index >= 15 is 0 Å². The molecule has 0 bridgehead atoms. The van der Waals surface area contributed by atoms with Crippen LogP contribution in [0.15, 0.2) is 61.1 Å². The number of nitrogens with zero attached hydrogens (tertiary/aromatic N) is 3. The van der Waals surface area contributed by atoms with Gasteiger partial charge in [-0.05, 0) is 48.3 Å². The number of rotatable bonds is 2. The molecule has 4 heteroatoms. The van der Waals surface area contributed by atoms with E-state index in [0.717, 1.165) is 42.7 Å². The summed E-state index contributed by atoms with van der Waals surface area (Å²) < 4.78 is 2.27. The van der Waals surface area contributed by atoms with Gasteiger partial charge in [0.05, 0.1) is 6.33 Å². The van der Waals surface area contributed by atoms with Crippen LogP contribution >= 0.6 is 0 Å². The molecular formula is C21H20N4. The largest absolute Gasteiger partial charge is 0.317 e. The van der Waals surface area contributed by atoms with Crippen molar-refractivity contribution < 1.29 is 0 Å². The third-order valence-corrected chi connectivity index (χ3v) is 5.24. The van der Waals surface area contributed by atoms with Crippen LogP contribution in [0.5, 0.6) is 0 Å². The highest BCUT2D eigenvalue weighted by molar-refractivity contribution is 6.02. The van der Waals surface area contributed by atoms with E-state index in [1.165, 1.54) is 16.3 Å². The van der Waals surface area contributed by atoms with Crippen molar-refractivity contribution in [2.45, 2.75) is 18.9 Å². The predicted octanol–water partition coefficient (Wildman–Crippen LogP) is 4.18. The number of nitrogens with one attached hydrogen (secondary N) is 1. The molecule has 0 radical (unpaired) electrons. The summed E-state index contributed by atoms with van der Waals surface area (Å²) in [6, 6.07) is 17.5. The number of imidazole rings is 1. The molecule has 2 aromatic heterocycles. The molecule has 4 aromatic rings. The summed E-state index contributed by atoms with van der Waals surface area (Å²) >= 11 is 0. The molecule has 0 amide bonds. The van der Waals surface area contributed by atoms with Crippen LogP contribution in [0.4, 0.5) is 0 Å². The van der Waals surface area contributed by atoms with E-state index in [1.807, 2.05) is 12.5 Å². The molecule has 0 unspecified atom stereocenters. The summed E-state index contributed by atoms with van der Waals surface area (Å²) in [5.41, 5.74) is 4.38. The van der Waals surface area contributed by atoms with E-state index in [0.29, 0.717) is 6.04 Å². The summed E-state index contributed by atoms with van der Waals surface area (Å²) in [7, 11) is 0. The number of aromatic nitrogens is 3. The van der Waals surface area contributed by atoms with E-state index in [9.17, 15) is 0 Å². The highest BCUT2D eigenvalue weighted by Gasteiger charge is 2.19. The van der Waals surface area contributed by atoms with Crippen LogP contribution in [0, 0.1) is 0 Å². The highest BCUT2D eigenvalue weighted by Crippen LogP contribution is 2.33. The Labute approximate surface area is 146 Å². The Morgan fingerprint density at radius 2 is 1.72 bits per heavy atom. The zero-order valence-corrected chi connectivity index (χ0v) is 14.0. The van der Waals surface area contributed by atoms with Crippen LogP contribution in [0.2, 0.25) is 0 Å². The minimum Gasteiger partial charge on any atom is -0.317 e. The van der Waals surface area contributed by atoms with Gasteiger partial charge in [0.15, 0.2) is 5.65 Å². The van der Waals surface area contributed by atoms with Crippen molar-refractivity contribution in [1.82, 2.24) is 19.9 Å². The maximum atomic E-state index is 4.76. The van der Waals surface area contributed by atoms with Gasteiger partial charge < -0.3 is 9.88 Å². The normalized spacial score (nSPS) is 15.8. The number of fused-ring (bicyclic) bond motifs is 2. The van der Waals surface area contributed by atoms with Gasteiger partial charge in [0.1, 0.15) is 5.52 Å². The van der Waals surface area contributed by atoms with Crippen LogP contribution in [0.25, 0.3) is 33.1 Å². The fourth-order valence-corrected chi connectivity index (χ4v) is 3.96. The Morgan fingerprint density at radius 3 is 2.64 bits per heavy atom. The van der Waals surface area contributed by atoms with Gasteiger partial charge in [-0.3, -0.25) is 0 Å². The molecule has 2 aromatic carbocycles. The van der Waals surface area contributed by atoms with E-state index in [1.54, 1.807) is 0 Å². The molecule has 0 atom stereocenters. The van der Waals surface area contributed by atoms with Crippen molar-refractivity contribution in [3.8, 4) is 11.1 Å². The smallest absolute Gasteiger partial charge is 0.160 e. The van der Waals surface area contributed by atoms with Crippen molar-refractivity contribution in [2.24, 2.45) is 0 Å². The lowest BCUT2D eigenvalue weighted by molar-refractivity contribution is 0.373. The first-order valence-electron chi connectivity index (χ1n) is 8.92. The Morgan fingerprint density at radius 1 is 0.880 bits per heavy atom. The number of hydrogen-bond donors (Lipinski definition) is 1. The standard InChI is InChI=1S/C21H20N4/c1-2-6-17-15(4-1)5-3-7-18(17)19-10-13-23-21-20(19)24-14-25(21)16-8-11-22-12-9-16/h1-7,10,13-14,16,22H,8-9,11-12H2. The summed E-state index contributed by atoms with van der Waals surface area (Å²) in [4.78, 5) is 9.42. The molecule has 1 N–H and O–H groups in total. The molecule has 1 aliphatic heterocycles. The van der Waals surface area contributed by atoms with Gasteiger partial charge in [0.2, 0.25) is 0 Å². The van der Waals surface area contributed by atoms with Crippen molar-refractivity contribution in [2.75, 3.05) is 13.1 Å². The molecule has 1 fully saturated rings. The van der Waals surface area contributed by atoms with Gasteiger partial charge >= 0.3 is 0 Å². The van der Waals surface area contributed by atoms with Crippen molar-refractivity contribution in [3.05, 3.63) is 61.1 Å². The second-order valence-corrected chi connectivity index (χ2v) is 6.69. The zero-order chi connectivity index (χ0) is 16.6. The van der Waals surface area contributed by atoms with Gasteiger partial charge in [0.25, 0.3) is 0 Å². The van der Waals surface area contributed by atoms with Crippen LogP contribution in [0.3, 0.4) is 0 Å². The second kappa shape index (κ2) is 5.97. The first kappa shape index (κ1) is 14.6. The molecule has 3 heterocycles. The molecule has 0 saturated carbocycles. The van der Waals surface area contributed by atoms with Crippen LogP contribution < -0.4 is 5.32 Å². The number of hydrogen-bond acceptors (Lipinski definition) is 3. The fraction of sp³-hybridized carbons (Fsp3) is 0.238. The lowest BCUT2D eigenvalue weighted by Gasteiger charge is -2.24. The molecule has 1 saturated heterocycles. The van der Waals surface area contributed by atoms with Gasteiger partial charge in [-0.2, -0.15) is 0 Å². The van der Waals surface area contributed by atoms with Gasteiger partial charge in [0, 0.05) is 17.8 Å². The lowest BCUT2D eigenvalue weighted by atomic mass is 9.98. The van der Waals surface area contributed by atoms with E-state index in [2.05, 4.69) is 63.4 Å². The molecule has 5 rings (SSSR count). The zero-order valence-electron chi connectivity index (χ0n) is 14.0. The summed E-state index contributed by atoms with van der Waals surface area (Å²) in [6.07, 6.45) is 6.15. The SMILES string of the molecule is c1ccc2c(-c3ccnc4c3ncn4C3CCNCC3)cccc2c1. The molecule has 25 heavy (non-hydrogen) atoms. The third-order valence-electron chi connectivity index (χ3n) is 5.24. The van der Waals surface area contributed by atoms with Gasteiger partial charge in [-0.1, -0.05) is 42.5 Å². The Bertz CT molecular complexity index is 1040. The molecule has 124 valence electrons. The summed E-state index contributed by atoms with van der Waals surface area (Å²) in [5, 5.41) is 5.94. The molecular weight excluding hydrogens is 308 g/mol. The molecule has 1 aliphatic rings. The maximum Gasteiger partial charge on any atom is 0.160 e. The number of pyridine rings is 1. The molecule has 0 aliphatic carbocycles. The number of piperidine rings is 1. The minimum absolute atomic E-state index is 0.488. The van der Waals surface area contributed by atoms with Gasteiger partial charge in [-0.25, -0.2) is 9.97 Å². The van der Waals surface area contributed by atoms with Gasteiger partial charge in [-0.15, -0.1) is 0 Å². The molecule has 0 spiro atoms. The average molecular weight is 328 g/mol. The van der Waals surface area contributed by atoms with Crippen molar-refractivity contribution in [3.63, 3.8) is 0 Å². The van der Waals surface area contributed by atoms with E-state index < -0.39 is 0 Å². The summed E-state index contributed by atoms with van der Waals surface area (Å²) in [5.74, 6) is 0. The first-order chi connectivity index (χ1) is 12.4. The average Bonchev–Trinajstić information content (AvgIpc) is 3.12. The second-order valence-electron chi connectivity index (χ2n) is 6.69. The topological polar surface area (TPSA) is 42.7 Å². The third kappa shape index (κ3) is 2.41. The minimum atomic E-state index is 0.488. The van der Waals surface area contributed by atoms with Crippen LogP contribution in [-0.4, -0.2) is 27.6 Å². The maximum absolute atomic E-state index is 4.76. The first-order valence-corrected chi connectivity index (χ1v) is 8.92. The summed E-state index contributed by atoms with van der Waals surface area (Å²) in [6.45, 7) is 2.13. The Hall–Kier alpha value is -2.72. The number of benzene rings is 2. The van der Waals surface area contributed by atoms with Crippen LogP contribution in [0.1, 0.15) is 18.9 Å². The van der Waals surface area contributed by atoms with Crippen LogP contribution in [-0.2, 0) is 0 Å². The Balaban J connectivity index is 1.70. The van der Waals surface area contributed by atoms with Crippen molar-refractivity contribution in [1.29, 1.82) is 0 Å².